The number of benzene rings is 1. The Morgan fingerprint density at radius 2 is 2.18 bits per heavy atom. The lowest BCUT2D eigenvalue weighted by molar-refractivity contribution is 0.0703. The number of hydrogen-bond donors (Lipinski definition) is 1. The van der Waals surface area contributed by atoms with Crippen molar-refractivity contribution in [1.29, 1.82) is 0 Å². The largest absolute Gasteiger partial charge is 0.496 e. The number of carbonyl (C=O) groups excluding carboxylic acids is 1. The smallest absolute Gasteiger partial charge is 0.253 e. The van der Waals surface area contributed by atoms with Crippen LogP contribution in [0.3, 0.4) is 0 Å². The first-order valence-corrected chi connectivity index (χ1v) is 5.54. The molecule has 0 saturated heterocycles. The zero-order chi connectivity index (χ0) is 13.0. The number of hydrogen-bond acceptors (Lipinski definition) is 3. The van der Waals surface area contributed by atoms with Crippen LogP contribution in [0.15, 0.2) is 18.2 Å². The monoisotopic (exact) mass is 237 g/mol. The van der Waals surface area contributed by atoms with Crippen molar-refractivity contribution >= 4 is 5.91 Å². The summed E-state index contributed by atoms with van der Waals surface area (Å²) in [6, 6.07) is 5.33. The Hall–Kier alpha value is -1.55. The molecule has 4 heteroatoms. The average Bonchev–Trinajstić information content (AvgIpc) is 2.27. The van der Waals surface area contributed by atoms with Crippen LogP contribution in [0.25, 0.3) is 0 Å². The van der Waals surface area contributed by atoms with Crippen LogP contribution in [0, 0.1) is 6.92 Å². The number of methoxy groups -OCH3 is 1. The first-order valence-electron chi connectivity index (χ1n) is 5.54. The highest BCUT2D eigenvalue weighted by Crippen LogP contribution is 2.19. The van der Waals surface area contributed by atoms with Crippen molar-refractivity contribution in [2.45, 2.75) is 20.0 Å². The summed E-state index contributed by atoms with van der Waals surface area (Å²) in [5.41, 5.74) is 1.55. The van der Waals surface area contributed by atoms with Gasteiger partial charge in [0.15, 0.2) is 0 Å². The molecule has 1 atom stereocenters. The van der Waals surface area contributed by atoms with E-state index in [1.807, 2.05) is 13.0 Å². The number of nitrogens with zero attached hydrogens (tertiary/aromatic N) is 1. The van der Waals surface area contributed by atoms with E-state index in [1.165, 1.54) is 4.90 Å². The van der Waals surface area contributed by atoms with Crippen molar-refractivity contribution in [3.63, 3.8) is 0 Å². The molecular formula is C13H19NO3. The summed E-state index contributed by atoms with van der Waals surface area (Å²) in [7, 11) is 3.25. The maximum absolute atomic E-state index is 12.0. The minimum absolute atomic E-state index is 0.121. The molecule has 1 aromatic rings. The minimum atomic E-state index is -0.531. The fourth-order valence-corrected chi connectivity index (χ4v) is 1.65. The van der Waals surface area contributed by atoms with Crippen LogP contribution in [-0.2, 0) is 0 Å². The molecule has 0 aromatic heterocycles. The Kier molecular flexibility index (Phi) is 4.52. The second-order valence-corrected chi connectivity index (χ2v) is 4.22. The minimum Gasteiger partial charge on any atom is -0.496 e. The maximum Gasteiger partial charge on any atom is 0.253 e. The number of carbonyl (C=O) groups is 1. The second-order valence-electron chi connectivity index (χ2n) is 4.22. The predicted octanol–water partition coefficient (Wildman–Crippen LogP) is 1.46. The van der Waals surface area contributed by atoms with E-state index in [0.717, 1.165) is 5.56 Å². The van der Waals surface area contributed by atoms with Gasteiger partial charge < -0.3 is 14.7 Å². The number of aliphatic hydroxyl groups is 1. The normalized spacial score (nSPS) is 12.1. The van der Waals surface area contributed by atoms with E-state index < -0.39 is 6.10 Å². The van der Waals surface area contributed by atoms with Crippen molar-refractivity contribution in [3.8, 4) is 5.75 Å². The molecular weight excluding hydrogens is 218 g/mol. The number of amides is 1. The second kappa shape index (κ2) is 5.68. The molecule has 1 unspecified atom stereocenters. The highest BCUT2D eigenvalue weighted by Gasteiger charge is 2.14. The molecule has 0 aliphatic heterocycles. The molecule has 94 valence electrons. The Morgan fingerprint density at radius 1 is 1.53 bits per heavy atom. The Morgan fingerprint density at radius 3 is 2.71 bits per heavy atom. The summed E-state index contributed by atoms with van der Waals surface area (Å²) >= 11 is 0. The van der Waals surface area contributed by atoms with Gasteiger partial charge in [0, 0.05) is 19.2 Å². The maximum atomic E-state index is 12.0. The van der Waals surface area contributed by atoms with E-state index in [9.17, 15) is 9.90 Å². The molecule has 0 spiro atoms. The van der Waals surface area contributed by atoms with Gasteiger partial charge in [-0.1, -0.05) is 6.07 Å². The van der Waals surface area contributed by atoms with Gasteiger partial charge in [-0.3, -0.25) is 4.79 Å². The lowest BCUT2D eigenvalue weighted by atomic mass is 10.1. The molecule has 1 amide bonds. The first kappa shape index (κ1) is 13.5. The quantitative estimate of drug-likeness (QED) is 0.862. The molecule has 1 aromatic carbocycles. The van der Waals surface area contributed by atoms with Crippen molar-refractivity contribution in [3.05, 3.63) is 29.3 Å². The van der Waals surface area contributed by atoms with Gasteiger partial charge in [0.2, 0.25) is 0 Å². The highest BCUT2D eigenvalue weighted by molar-refractivity contribution is 5.94. The Labute approximate surface area is 102 Å². The van der Waals surface area contributed by atoms with Gasteiger partial charge in [0.05, 0.1) is 13.2 Å². The summed E-state index contributed by atoms with van der Waals surface area (Å²) < 4.78 is 5.18. The fraction of sp³-hybridized carbons (Fsp3) is 0.462. The SMILES string of the molecule is COc1cc(C(=O)N(C)CC(C)O)ccc1C. The van der Waals surface area contributed by atoms with Crippen molar-refractivity contribution in [2.75, 3.05) is 20.7 Å². The molecule has 0 bridgehead atoms. The van der Waals surface area contributed by atoms with Gasteiger partial charge in [-0.2, -0.15) is 0 Å². The zero-order valence-corrected chi connectivity index (χ0v) is 10.7. The van der Waals surface area contributed by atoms with Crippen LogP contribution in [0.5, 0.6) is 5.75 Å². The average molecular weight is 237 g/mol. The lowest BCUT2D eigenvalue weighted by Gasteiger charge is -2.19. The topological polar surface area (TPSA) is 49.8 Å². The third kappa shape index (κ3) is 3.46. The van der Waals surface area contributed by atoms with Crippen molar-refractivity contribution < 1.29 is 14.6 Å². The number of aliphatic hydroxyl groups excluding tert-OH is 1. The van der Waals surface area contributed by atoms with Gasteiger partial charge in [-0.25, -0.2) is 0 Å². The molecule has 0 heterocycles. The van der Waals surface area contributed by atoms with Crippen LogP contribution in [-0.4, -0.2) is 42.7 Å². The van der Waals surface area contributed by atoms with E-state index in [-0.39, 0.29) is 5.91 Å². The predicted molar refractivity (Wildman–Crippen MR) is 66.4 cm³/mol. The number of aryl methyl sites for hydroxylation is 1. The van der Waals surface area contributed by atoms with E-state index in [2.05, 4.69) is 0 Å². The molecule has 0 fully saturated rings. The summed E-state index contributed by atoms with van der Waals surface area (Å²) in [6.45, 7) is 3.89. The highest BCUT2D eigenvalue weighted by atomic mass is 16.5. The summed E-state index contributed by atoms with van der Waals surface area (Å²) in [4.78, 5) is 13.5. The molecule has 0 saturated carbocycles. The van der Waals surface area contributed by atoms with Crippen molar-refractivity contribution in [1.82, 2.24) is 4.90 Å². The Bertz CT molecular complexity index is 402. The van der Waals surface area contributed by atoms with Crippen LogP contribution >= 0.6 is 0 Å². The van der Waals surface area contributed by atoms with E-state index in [1.54, 1.807) is 33.2 Å². The van der Waals surface area contributed by atoms with E-state index in [0.29, 0.717) is 17.9 Å². The van der Waals surface area contributed by atoms with Gasteiger partial charge in [0.1, 0.15) is 5.75 Å². The third-order valence-electron chi connectivity index (χ3n) is 2.54. The number of ether oxygens (including phenoxy) is 1. The Balaban J connectivity index is 2.89. The zero-order valence-electron chi connectivity index (χ0n) is 10.7. The van der Waals surface area contributed by atoms with Crippen LogP contribution < -0.4 is 4.74 Å². The number of likely N-dealkylation sites (N-methyl/N-ethyl adjacent to an activating group) is 1. The van der Waals surface area contributed by atoms with Gasteiger partial charge >= 0.3 is 0 Å². The lowest BCUT2D eigenvalue weighted by Crippen LogP contribution is -2.33. The molecule has 1 rings (SSSR count). The van der Waals surface area contributed by atoms with Gasteiger partial charge in [-0.15, -0.1) is 0 Å². The van der Waals surface area contributed by atoms with Crippen LogP contribution in [0.4, 0.5) is 0 Å². The van der Waals surface area contributed by atoms with Crippen LogP contribution in [0.1, 0.15) is 22.8 Å². The first-order chi connectivity index (χ1) is 7.95. The molecule has 0 radical (unpaired) electrons. The van der Waals surface area contributed by atoms with Gasteiger partial charge in [-0.05, 0) is 31.5 Å². The molecule has 0 aliphatic carbocycles. The molecule has 4 nitrogen and oxygen atoms in total. The number of rotatable bonds is 4. The van der Waals surface area contributed by atoms with Gasteiger partial charge in [0.25, 0.3) is 5.91 Å². The third-order valence-corrected chi connectivity index (χ3v) is 2.54. The molecule has 0 aliphatic rings. The van der Waals surface area contributed by atoms with Crippen molar-refractivity contribution in [2.24, 2.45) is 0 Å². The fourth-order valence-electron chi connectivity index (χ4n) is 1.65. The van der Waals surface area contributed by atoms with Crippen LogP contribution in [0.2, 0.25) is 0 Å². The summed E-state index contributed by atoms with van der Waals surface area (Å²) in [5, 5.41) is 9.24. The van der Waals surface area contributed by atoms with E-state index in [4.69, 9.17) is 4.74 Å². The summed E-state index contributed by atoms with van der Waals surface area (Å²) in [6.07, 6.45) is -0.531. The van der Waals surface area contributed by atoms with E-state index >= 15 is 0 Å². The molecule has 1 N–H and O–H groups in total. The molecule has 17 heavy (non-hydrogen) atoms. The standard InChI is InChI=1S/C13H19NO3/c1-9-5-6-11(7-12(9)17-4)13(16)14(3)8-10(2)15/h5-7,10,15H,8H2,1-4H3. The summed E-state index contributed by atoms with van der Waals surface area (Å²) in [5.74, 6) is 0.575.